The lowest BCUT2D eigenvalue weighted by Gasteiger charge is -2.10. The summed E-state index contributed by atoms with van der Waals surface area (Å²) in [6.07, 6.45) is 9.16. The number of benzene rings is 1. The van der Waals surface area contributed by atoms with E-state index in [9.17, 15) is 0 Å². The van der Waals surface area contributed by atoms with Gasteiger partial charge in [-0.2, -0.15) is 5.10 Å². The fourth-order valence-electron chi connectivity index (χ4n) is 4.83. The Morgan fingerprint density at radius 3 is 2.79 bits per heavy atom. The maximum atomic E-state index is 6.57. The zero-order valence-corrected chi connectivity index (χ0v) is 19.4. The minimum atomic E-state index is 0.276. The molecule has 1 atom stereocenters. The van der Waals surface area contributed by atoms with Crippen molar-refractivity contribution < 1.29 is 0 Å². The molecule has 4 aromatic heterocycles. The Balaban J connectivity index is 1.53. The standard InChI is InChI=1S/C26H25ClN6/c1-16(2)25-24(20-5-3-4-6-22(20)27)31-26-21-11-17(12-29-23(21)8-10-32(25)26)18-13-30-33(15-18)19-7-9-28-14-19/h3-6,8,10-13,15-16,19,28H,7,9,14H2,1-2H3. The van der Waals surface area contributed by atoms with Crippen LogP contribution in [-0.2, 0) is 0 Å². The van der Waals surface area contributed by atoms with Gasteiger partial charge < -0.3 is 9.72 Å². The van der Waals surface area contributed by atoms with Crippen molar-refractivity contribution >= 4 is 28.2 Å². The predicted molar refractivity (Wildman–Crippen MR) is 133 cm³/mol. The summed E-state index contributed by atoms with van der Waals surface area (Å²) in [5.74, 6) is 0.276. The van der Waals surface area contributed by atoms with Crippen LogP contribution in [0.2, 0.25) is 5.02 Å². The van der Waals surface area contributed by atoms with Crippen molar-refractivity contribution in [2.45, 2.75) is 32.2 Å². The molecule has 0 aliphatic carbocycles. The van der Waals surface area contributed by atoms with Crippen molar-refractivity contribution in [1.29, 1.82) is 0 Å². The van der Waals surface area contributed by atoms with Crippen LogP contribution in [0.1, 0.15) is 37.9 Å². The van der Waals surface area contributed by atoms with E-state index in [0.29, 0.717) is 11.1 Å². The van der Waals surface area contributed by atoms with Gasteiger partial charge in [0.2, 0.25) is 0 Å². The van der Waals surface area contributed by atoms with Crippen molar-refractivity contribution in [2.24, 2.45) is 0 Å². The Labute approximate surface area is 197 Å². The first-order valence-corrected chi connectivity index (χ1v) is 11.8. The fourth-order valence-corrected chi connectivity index (χ4v) is 5.06. The van der Waals surface area contributed by atoms with Gasteiger partial charge in [0.25, 0.3) is 0 Å². The first-order valence-electron chi connectivity index (χ1n) is 11.4. The maximum absolute atomic E-state index is 6.57. The van der Waals surface area contributed by atoms with Crippen LogP contribution in [0.15, 0.2) is 61.2 Å². The van der Waals surface area contributed by atoms with Gasteiger partial charge in [-0.3, -0.25) is 9.67 Å². The highest BCUT2D eigenvalue weighted by Crippen LogP contribution is 2.36. The van der Waals surface area contributed by atoms with Gasteiger partial charge in [0, 0.05) is 47.2 Å². The zero-order chi connectivity index (χ0) is 22.5. The van der Waals surface area contributed by atoms with Gasteiger partial charge in [0.15, 0.2) is 0 Å². The summed E-state index contributed by atoms with van der Waals surface area (Å²) < 4.78 is 4.26. The molecule has 0 radical (unpaired) electrons. The van der Waals surface area contributed by atoms with Crippen molar-refractivity contribution in [2.75, 3.05) is 13.1 Å². The summed E-state index contributed by atoms with van der Waals surface area (Å²) in [6, 6.07) is 12.6. The molecule has 6 rings (SSSR count). The summed E-state index contributed by atoms with van der Waals surface area (Å²) in [4.78, 5) is 9.87. The van der Waals surface area contributed by atoms with Gasteiger partial charge >= 0.3 is 0 Å². The number of aromatic nitrogens is 5. The van der Waals surface area contributed by atoms with Crippen LogP contribution in [0, 0.1) is 0 Å². The van der Waals surface area contributed by atoms with E-state index >= 15 is 0 Å². The van der Waals surface area contributed by atoms with E-state index in [1.54, 1.807) is 0 Å². The Kier molecular flexibility index (Phi) is 4.93. The van der Waals surface area contributed by atoms with Crippen molar-refractivity contribution in [1.82, 2.24) is 29.5 Å². The summed E-state index contributed by atoms with van der Waals surface area (Å²) >= 11 is 6.57. The molecule has 0 amide bonds. The van der Waals surface area contributed by atoms with E-state index in [2.05, 4.69) is 57.9 Å². The second-order valence-electron chi connectivity index (χ2n) is 9.00. The van der Waals surface area contributed by atoms with Crippen LogP contribution in [0.5, 0.6) is 0 Å². The third-order valence-corrected chi connectivity index (χ3v) is 6.84. The number of imidazole rings is 1. The number of nitrogens with zero attached hydrogens (tertiary/aromatic N) is 5. The molecule has 5 heterocycles. The lowest BCUT2D eigenvalue weighted by molar-refractivity contribution is 0.491. The van der Waals surface area contributed by atoms with Gasteiger partial charge in [-0.25, -0.2) is 4.98 Å². The molecule has 0 saturated carbocycles. The van der Waals surface area contributed by atoms with E-state index in [1.165, 1.54) is 0 Å². The minimum Gasteiger partial charge on any atom is -0.315 e. The summed E-state index contributed by atoms with van der Waals surface area (Å²) in [5.41, 5.74) is 6.95. The molecule has 6 nitrogen and oxygen atoms in total. The number of fused-ring (bicyclic) bond motifs is 3. The predicted octanol–water partition coefficient (Wildman–Crippen LogP) is 5.72. The van der Waals surface area contributed by atoms with Crippen molar-refractivity contribution in [3.63, 3.8) is 0 Å². The molecule has 1 aromatic carbocycles. The lowest BCUT2D eigenvalue weighted by Crippen LogP contribution is -2.13. The summed E-state index contributed by atoms with van der Waals surface area (Å²) in [7, 11) is 0. The zero-order valence-electron chi connectivity index (χ0n) is 18.7. The normalized spacial score (nSPS) is 16.4. The number of nitrogens with one attached hydrogen (secondary N) is 1. The number of halogens is 1. The second-order valence-corrected chi connectivity index (χ2v) is 9.41. The molecule has 5 aromatic rings. The second kappa shape index (κ2) is 7.97. The average molecular weight is 457 g/mol. The molecule has 1 unspecified atom stereocenters. The first-order chi connectivity index (χ1) is 16.1. The first kappa shape index (κ1) is 20.4. The van der Waals surface area contributed by atoms with Crippen LogP contribution in [0.3, 0.4) is 0 Å². The van der Waals surface area contributed by atoms with E-state index in [4.69, 9.17) is 21.6 Å². The van der Waals surface area contributed by atoms with E-state index in [1.807, 2.05) is 36.7 Å². The van der Waals surface area contributed by atoms with Gasteiger partial charge in [-0.15, -0.1) is 0 Å². The van der Waals surface area contributed by atoms with Crippen molar-refractivity contribution in [3.05, 3.63) is 71.9 Å². The molecular formula is C26H25ClN6. The Morgan fingerprint density at radius 1 is 1.12 bits per heavy atom. The van der Waals surface area contributed by atoms with E-state index < -0.39 is 0 Å². The summed E-state index contributed by atoms with van der Waals surface area (Å²) in [5, 5.41) is 9.75. The smallest absolute Gasteiger partial charge is 0.147 e. The maximum Gasteiger partial charge on any atom is 0.147 e. The molecule has 1 N–H and O–H groups in total. The monoisotopic (exact) mass is 456 g/mol. The largest absolute Gasteiger partial charge is 0.315 e. The number of pyridine rings is 2. The van der Waals surface area contributed by atoms with Crippen LogP contribution in [0.4, 0.5) is 0 Å². The highest BCUT2D eigenvalue weighted by Gasteiger charge is 2.21. The van der Waals surface area contributed by atoms with E-state index in [0.717, 1.165) is 64.1 Å². The van der Waals surface area contributed by atoms with Crippen LogP contribution >= 0.6 is 11.6 Å². The highest BCUT2D eigenvalue weighted by molar-refractivity contribution is 6.33. The molecule has 0 spiro atoms. The molecular weight excluding hydrogens is 432 g/mol. The Morgan fingerprint density at radius 2 is 2.00 bits per heavy atom. The van der Waals surface area contributed by atoms with Crippen molar-refractivity contribution in [3.8, 4) is 22.4 Å². The van der Waals surface area contributed by atoms with Crippen LogP contribution in [0.25, 0.3) is 38.9 Å². The molecule has 7 heteroatoms. The third kappa shape index (κ3) is 3.41. The molecule has 1 saturated heterocycles. The number of hydrogen-bond acceptors (Lipinski definition) is 4. The fraction of sp³-hybridized carbons (Fsp3) is 0.269. The number of rotatable bonds is 4. The lowest BCUT2D eigenvalue weighted by atomic mass is 10.0. The quantitative estimate of drug-likeness (QED) is 0.375. The van der Waals surface area contributed by atoms with E-state index in [-0.39, 0.29) is 5.92 Å². The summed E-state index contributed by atoms with van der Waals surface area (Å²) in [6.45, 7) is 6.39. The van der Waals surface area contributed by atoms with Gasteiger partial charge in [-0.05, 0) is 37.1 Å². The van der Waals surface area contributed by atoms with Gasteiger partial charge in [-0.1, -0.05) is 43.6 Å². The Hall–Kier alpha value is -3.22. The number of hydrogen-bond donors (Lipinski definition) is 1. The average Bonchev–Trinajstić information content (AvgIpc) is 3.58. The molecule has 1 aliphatic rings. The molecule has 166 valence electrons. The highest BCUT2D eigenvalue weighted by atomic mass is 35.5. The third-order valence-electron chi connectivity index (χ3n) is 6.51. The molecule has 33 heavy (non-hydrogen) atoms. The van der Waals surface area contributed by atoms with Crippen LogP contribution < -0.4 is 5.32 Å². The SMILES string of the molecule is CC(C)c1c(-c2ccccc2Cl)nc2c3cc(-c4cnn(C5CCNC5)c4)cnc3ccn12. The molecule has 0 bridgehead atoms. The minimum absolute atomic E-state index is 0.276. The van der Waals surface area contributed by atoms with Gasteiger partial charge in [0.05, 0.1) is 34.2 Å². The van der Waals surface area contributed by atoms with Gasteiger partial charge in [0.1, 0.15) is 5.65 Å². The Bertz CT molecular complexity index is 1480. The molecule has 1 fully saturated rings. The van der Waals surface area contributed by atoms with Crippen LogP contribution in [-0.4, -0.2) is 37.2 Å². The molecule has 1 aliphatic heterocycles. The topological polar surface area (TPSA) is 60.0 Å².